The van der Waals surface area contributed by atoms with Gasteiger partial charge in [0.2, 0.25) is 11.8 Å². The molecule has 2 aromatic carbocycles. The third-order valence-electron chi connectivity index (χ3n) is 4.64. The average molecular weight is 368 g/mol. The third-order valence-corrected chi connectivity index (χ3v) is 4.95. The van der Waals surface area contributed by atoms with E-state index in [2.05, 4.69) is 5.32 Å². The van der Waals surface area contributed by atoms with Crippen LogP contribution in [0, 0.1) is 17.2 Å². The Kier molecular flexibility index (Phi) is 5.24. The number of carbonyl (C=O) groups excluding carboxylic acids is 2. The smallest absolute Gasteiger partial charge is 0.229 e. The minimum Gasteiger partial charge on any atom is -0.335 e. The van der Waals surface area contributed by atoms with Gasteiger partial charge in [-0.2, -0.15) is 5.26 Å². The predicted octanol–water partition coefficient (Wildman–Crippen LogP) is 3.76. The van der Waals surface area contributed by atoms with Gasteiger partial charge in [-0.1, -0.05) is 41.9 Å². The lowest BCUT2D eigenvalue weighted by Gasteiger charge is -2.25. The number of benzene rings is 2. The van der Waals surface area contributed by atoms with Crippen LogP contribution in [-0.4, -0.2) is 23.3 Å². The molecule has 0 unspecified atom stereocenters. The Hall–Kier alpha value is -2.84. The summed E-state index contributed by atoms with van der Waals surface area (Å²) in [6.07, 6.45) is 0.188. The first kappa shape index (κ1) is 18.0. The van der Waals surface area contributed by atoms with Crippen LogP contribution in [0.3, 0.4) is 0 Å². The van der Waals surface area contributed by atoms with Crippen molar-refractivity contribution in [1.29, 1.82) is 5.26 Å². The quantitative estimate of drug-likeness (QED) is 0.894. The number of nitriles is 1. The van der Waals surface area contributed by atoms with Gasteiger partial charge in [0.05, 0.1) is 22.5 Å². The van der Waals surface area contributed by atoms with E-state index in [-0.39, 0.29) is 29.3 Å². The lowest BCUT2D eigenvalue weighted by Crippen LogP contribution is -2.30. The number of halogens is 1. The minimum atomic E-state index is -0.414. The van der Waals surface area contributed by atoms with Crippen molar-refractivity contribution in [2.45, 2.75) is 19.4 Å². The summed E-state index contributed by atoms with van der Waals surface area (Å²) in [6.45, 7) is 2.35. The number of hydrogen-bond acceptors (Lipinski definition) is 3. The first-order valence-corrected chi connectivity index (χ1v) is 8.72. The van der Waals surface area contributed by atoms with Crippen molar-refractivity contribution in [3.05, 3.63) is 64.7 Å². The molecule has 1 N–H and O–H groups in total. The van der Waals surface area contributed by atoms with Crippen molar-refractivity contribution in [3.63, 3.8) is 0 Å². The number of carbonyl (C=O) groups is 2. The molecule has 1 heterocycles. The molecule has 26 heavy (non-hydrogen) atoms. The van der Waals surface area contributed by atoms with E-state index in [4.69, 9.17) is 16.9 Å². The van der Waals surface area contributed by atoms with E-state index in [9.17, 15) is 9.59 Å². The molecular formula is C20H18ClN3O2. The second-order valence-corrected chi connectivity index (χ2v) is 6.74. The van der Waals surface area contributed by atoms with Gasteiger partial charge in [-0.05, 0) is 30.7 Å². The fourth-order valence-electron chi connectivity index (χ4n) is 3.12. The zero-order valence-corrected chi connectivity index (χ0v) is 15.0. The molecule has 0 radical (unpaired) electrons. The number of nitrogens with zero attached hydrogens (tertiary/aromatic N) is 2. The molecule has 6 heteroatoms. The van der Waals surface area contributed by atoms with Gasteiger partial charge >= 0.3 is 0 Å². The van der Waals surface area contributed by atoms with Crippen LogP contribution in [0.25, 0.3) is 0 Å². The van der Waals surface area contributed by atoms with Crippen molar-refractivity contribution < 1.29 is 9.59 Å². The van der Waals surface area contributed by atoms with E-state index in [0.29, 0.717) is 17.8 Å². The van der Waals surface area contributed by atoms with E-state index >= 15 is 0 Å². The lowest BCUT2D eigenvalue weighted by molar-refractivity contribution is -0.129. The van der Waals surface area contributed by atoms with Crippen LogP contribution in [0.4, 0.5) is 5.69 Å². The highest BCUT2D eigenvalue weighted by Gasteiger charge is 2.37. The maximum Gasteiger partial charge on any atom is 0.229 e. The van der Waals surface area contributed by atoms with Crippen LogP contribution in [0.5, 0.6) is 0 Å². The zero-order valence-electron chi connectivity index (χ0n) is 14.3. The van der Waals surface area contributed by atoms with Crippen molar-refractivity contribution >= 4 is 29.1 Å². The standard InChI is InChI=1S/C20H18ClN3O2/c1-13(14-5-3-2-4-6-14)24-12-16(9-19(24)25)20(26)23-17-8-7-15(11-22)18(21)10-17/h2-8,10,13,16H,9,12H2,1H3,(H,23,26)/t13-,16+/m1/s1. The maximum atomic E-state index is 12.5. The van der Waals surface area contributed by atoms with Crippen molar-refractivity contribution in [1.82, 2.24) is 4.90 Å². The fraction of sp³-hybridized carbons (Fsp3) is 0.250. The molecule has 132 valence electrons. The van der Waals surface area contributed by atoms with Crippen LogP contribution in [0.15, 0.2) is 48.5 Å². The molecule has 2 atom stereocenters. The Bertz CT molecular complexity index is 876. The van der Waals surface area contributed by atoms with E-state index in [1.54, 1.807) is 23.1 Å². The molecule has 1 aliphatic heterocycles. The molecule has 1 fully saturated rings. The predicted molar refractivity (Wildman–Crippen MR) is 99.5 cm³/mol. The van der Waals surface area contributed by atoms with Crippen LogP contribution in [0.1, 0.15) is 30.5 Å². The highest BCUT2D eigenvalue weighted by Crippen LogP contribution is 2.29. The second kappa shape index (κ2) is 7.59. The van der Waals surface area contributed by atoms with Crippen molar-refractivity contribution in [2.75, 3.05) is 11.9 Å². The van der Waals surface area contributed by atoms with Crippen LogP contribution < -0.4 is 5.32 Å². The molecular weight excluding hydrogens is 350 g/mol. The molecule has 1 aliphatic rings. The number of likely N-dealkylation sites (tertiary alicyclic amines) is 1. The Labute approximate surface area is 157 Å². The number of rotatable bonds is 4. The van der Waals surface area contributed by atoms with Gasteiger partial charge in [0, 0.05) is 18.7 Å². The van der Waals surface area contributed by atoms with E-state index < -0.39 is 5.92 Å². The number of hydrogen-bond donors (Lipinski definition) is 1. The highest BCUT2D eigenvalue weighted by atomic mass is 35.5. The Morgan fingerprint density at radius 2 is 2.04 bits per heavy atom. The topological polar surface area (TPSA) is 73.2 Å². The zero-order chi connectivity index (χ0) is 18.7. The van der Waals surface area contributed by atoms with Gasteiger partial charge in [0.15, 0.2) is 0 Å². The molecule has 2 aromatic rings. The van der Waals surface area contributed by atoms with Crippen LogP contribution >= 0.6 is 11.6 Å². The SMILES string of the molecule is C[C@H](c1ccccc1)N1C[C@@H](C(=O)Nc2ccc(C#N)c(Cl)c2)CC1=O. The summed E-state index contributed by atoms with van der Waals surface area (Å²) in [6, 6.07) is 16.4. The first-order chi connectivity index (χ1) is 12.5. The minimum absolute atomic E-state index is 0.0284. The number of anilines is 1. The van der Waals surface area contributed by atoms with Gasteiger partial charge in [0.25, 0.3) is 0 Å². The van der Waals surface area contributed by atoms with Crippen molar-refractivity contribution in [2.24, 2.45) is 5.92 Å². The summed E-state index contributed by atoms with van der Waals surface area (Å²) in [7, 11) is 0. The summed E-state index contributed by atoms with van der Waals surface area (Å²) >= 11 is 5.99. The average Bonchev–Trinajstić information content (AvgIpc) is 3.04. The van der Waals surface area contributed by atoms with E-state index in [0.717, 1.165) is 5.56 Å². The molecule has 3 rings (SSSR count). The third kappa shape index (κ3) is 3.71. The summed E-state index contributed by atoms with van der Waals surface area (Å²) < 4.78 is 0. The van der Waals surface area contributed by atoms with Crippen LogP contribution in [-0.2, 0) is 9.59 Å². The van der Waals surface area contributed by atoms with E-state index in [1.165, 1.54) is 0 Å². The number of nitrogens with one attached hydrogen (secondary N) is 1. The molecule has 0 saturated carbocycles. The van der Waals surface area contributed by atoms with Crippen molar-refractivity contribution in [3.8, 4) is 6.07 Å². The molecule has 0 aliphatic carbocycles. The van der Waals surface area contributed by atoms with Gasteiger partial charge in [-0.3, -0.25) is 9.59 Å². The van der Waals surface area contributed by atoms with E-state index in [1.807, 2.05) is 43.3 Å². The molecule has 0 bridgehead atoms. The van der Waals surface area contributed by atoms with Gasteiger partial charge in [-0.25, -0.2) is 0 Å². The Balaban J connectivity index is 1.67. The second-order valence-electron chi connectivity index (χ2n) is 6.33. The largest absolute Gasteiger partial charge is 0.335 e. The van der Waals surface area contributed by atoms with Gasteiger partial charge in [0.1, 0.15) is 6.07 Å². The summed E-state index contributed by atoms with van der Waals surface area (Å²) in [5.41, 5.74) is 1.91. The monoisotopic (exact) mass is 367 g/mol. The lowest BCUT2D eigenvalue weighted by atomic mass is 10.1. The first-order valence-electron chi connectivity index (χ1n) is 8.34. The molecule has 0 aromatic heterocycles. The highest BCUT2D eigenvalue weighted by molar-refractivity contribution is 6.32. The molecule has 1 saturated heterocycles. The number of amides is 2. The maximum absolute atomic E-state index is 12.5. The molecule has 0 spiro atoms. The van der Waals surface area contributed by atoms with Gasteiger partial charge < -0.3 is 10.2 Å². The fourth-order valence-corrected chi connectivity index (χ4v) is 3.34. The van der Waals surface area contributed by atoms with Crippen LogP contribution in [0.2, 0.25) is 5.02 Å². The van der Waals surface area contributed by atoms with Gasteiger partial charge in [-0.15, -0.1) is 0 Å². The Morgan fingerprint density at radius 3 is 2.69 bits per heavy atom. The molecule has 2 amide bonds. The normalized spacial score (nSPS) is 17.7. The Morgan fingerprint density at radius 1 is 1.31 bits per heavy atom. The molecule has 5 nitrogen and oxygen atoms in total. The summed E-state index contributed by atoms with van der Waals surface area (Å²) in [4.78, 5) is 26.7. The summed E-state index contributed by atoms with van der Waals surface area (Å²) in [5.74, 6) is -0.663. The summed E-state index contributed by atoms with van der Waals surface area (Å²) in [5, 5.41) is 12.0.